The lowest BCUT2D eigenvalue weighted by atomic mass is 10.0. The predicted octanol–water partition coefficient (Wildman–Crippen LogP) is 4.26. The van der Waals surface area contributed by atoms with Crippen molar-refractivity contribution in [1.29, 1.82) is 0 Å². The molecule has 0 saturated heterocycles. The third-order valence-electron chi connectivity index (χ3n) is 5.51. The minimum absolute atomic E-state index is 0.187. The van der Waals surface area contributed by atoms with Gasteiger partial charge in [0.05, 0.1) is 0 Å². The second-order valence-corrected chi connectivity index (χ2v) is 8.17. The van der Waals surface area contributed by atoms with Gasteiger partial charge in [-0.1, -0.05) is 60.7 Å². The summed E-state index contributed by atoms with van der Waals surface area (Å²) in [5.74, 6) is -4.69. The lowest BCUT2D eigenvalue weighted by Gasteiger charge is -2.13. The number of benzene rings is 4. The van der Waals surface area contributed by atoms with E-state index in [2.05, 4.69) is 0 Å². The molecule has 0 aliphatic rings. The Morgan fingerprint density at radius 1 is 0.500 bits per heavy atom. The zero-order valence-electron chi connectivity index (χ0n) is 19.8. The Morgan fingerprint density at radius 3 is 1.13 bits per heavy atom. The van der Waals surface area contributed by atoms with Gasteiger partial charge in [0.2, 0.25) is 11.5 Å². The van der Waals surface area contributed by atoms with Crippen molar-refractivity contribution in [3.8, 4) is 34.5 Å². The van der Waals surface area contributed by atoms with Crippen LogP contribution in [0.5, 0.6) is 34.5 Å². The maximum absolute atomic E-state index is 12.9. The van der Waals surface area contributed by atoms with Gasteiger partial charge in [0.1, 0.15) is 0 Å². The molecule has 9 heteroatoms. The average molecular weight is 514 g/mol. The lowest BCUT2D eigenvalue weighted by molar-refractivity contribution is 0.0910. The third-order valence-corrected chi connectivity index (χ3v) is 5.51. The number of phenolic OH excluding ortho intramolecular Hbond substituents is 4. The highest BCUT2D eigenvalue weighted by molar-refractivity contribution is 6.10. The molecule has 4 rings (SSSR count). The highest BCUT2D eigenvalue weighted by Crippen LogP contribution is 2.40. The largest absolute Gasteiger partial charge is 0.504 e. The van der Waals surface area contributed by atoms with Gasteiger partial charge in [-0.15, -0.1) is 0 Å². The van der Waals surface area contributed by atoms with E-state index in [0.29, 0.717) is 11.1 Å². The normalized spacial score (nSPS) is 10.5. The molecule has 0 heterocycles. The fourth-order valence-electron chi connectivity index (χ4n) is 3.61. The summed E-state index contributed by atoms with van der Waals surface area (Å²) in [4.78, 5) is 37.4. The number of hydrogen-bond donors (Lipinski definition) is 4. The summed E-state index contributed by atoms with van der Waals surface area (Å²) < 4.78 is 10.5. The predicted molar refractivity (Wildman–Crippen MR) is 136 cm³/mol. The summed E-state index contributed by atoms with van der Waals surface area (Å²) in [6.07, 6.45) is 0. The summed E-state index contributed by atoms with van der Waals surface area (Å²) in [6.45, 7) is -0.928. The Labute approximate surface area is 216 Å². The molecule has 0 radical (unpaired) electrons. The van der Waals surface area contributed by atoms with Gasteiger partial charge in [-0.2, -0.15) is 0 Å². The van der Waals surface area contributed by atoms with Gasteiger partial charge in [-0.05, 0) is 24.3 Å². The molecule has 9 nitrogen and oxygen atoms in total. The van der Waals surface area contributed by atoms with Crippen LogP contribution in [0.2, 0.25) is 0 Å². The van der Waals surface area contributed by atoms with Crippen molar-refractivity contribution < 1.29 is 44.3 Å². The Hall–Kier alpha value is -5.31. The third kappa shape index (κ3) is 5.73. The molecule has 0 bridgehead atoms. The Kier molecular flexibility index (Phi) is 7.58. The van der Waals surface area contributed by atoms with Crippen LogP contribution in [0, 0.1) is 0 Å². The molecule has 0 unspecified atom stereocenters. The standard InChI is InChI=1S/C29H22O9/c30-21-11-19(12-22(31)28(21)37-15-25(34)17-7-3-1-4-8-17)27(36)20-13-23(32)29(24(33)14-20)38-16-26(35)18-9-5-2-6-10-18/h1-14,30-33H,15-16H2. The van der Waals surface area contributed by atoms with Crippen LogP contribution in [0.25, 0.3) is 0 Å². The van der Waals surface area contributed by atoms with E-state index in [9.17, 15) is 34.8 Å². The minimum Gasteiger partial charge on any atom is -0.504 e. The lowest BCUT2D eigenvalue weighted by Crippen LogP contribution is -2.12. The molecule has 0 saturated carbocycles. The van der Waals surface area contributed by atoms with Gasteiger partial charge in [0.25, 0.3) is 0 Å². The number of rotatable bonds is 10. The van der Waals surface area contributed by atoms with Crippen molar-refractivity contribution in [1.82, 2.24) is 0 Å². The molecule has 4 N–H and O–H groups in total. The fourth-order valence-corrected chi connectivity index (χ4v) is 3.61. The summed E-state index contributed by atoms with van der Waals surface area (Å²) in [5.41, 5.74) is 0.395. The minimum atomic E-state index is -0.764. The zero-order valence-corrected chi connectivity index (χ0v) is 19.8. The van der Waals surface area contributed by atoms with Crippen LogP contribution in [-0.4, -0.2) is 51.0 Å². The van der Waals surface area contributed by atoms with Gasteiger partial charge < -0.3 is 29.9 Å². The molecule has 0 aliphatic heterocycles. The number of ether oxygens (including phenoxy) is 2. The van der Waals surface area contributed by atoms with Crippen molar-refractivity contribution >= 4 is 17.3 Å². The molecule has 0 aliphatic carbocycles. The van der Waals surface area contributed by atoms with Crippen LogP contribution >= 0.6 is 0 Å². The van der Waals surface area contributed by atoms with E-state index < -0.39 is 42.0 Å². The first kappa shape index (κ1) is 25.8. The van der Waals surface area contributed by atoms with Gasteiger partial charge >= 0.3 is 0 Å². The molecule has 38 heavy (non-hydrogen) atoms. The number of carbonyl (C=O) groups is 3. The molecule has 0 amide bonds. The van der Waals surface area contributed by atoms with E-state index in [1.54, 1.807) is 60.7 Å². The van der Waals surface area contributed by atoms with E-state index in [0.717, 1.165) is 24.3 Å². The van der Waals surface area contributed by atoms with Crippen LogP contribution in [0.1, 0.15) is 36.6 Å². The molecular formula is C29H22O9. The number of carbonyl (C=O) groups excluding carboxylic acids is 3. The van der Waals surface area contributed by atoms with Crippen molar-refractivity contribution in [2.24, 2.45) is 0 Å². The van der Waals surface area contributed by atoms with Crippen LogP contribution in [0.15, 0.2) is 84.9 Å². The van der Waals surface area contributed by atoms with E-state index in [1.165, 1.54) is 0 Å². The number of hydrogen-bond acceptors (Lipinski definition) is 9. The van der Waals surface area contributed by atoms with Gasteiger partial charge in [0, 0.05) is 22.3 Å². The molecular weight excluding hydrogens is 492 g/mol. The Morgan fingerprint density at radius 2 is 0.816 bits per heavy atom. The second kappa shape index (κ2) is 11.2. The summed E-state index contributed by atoms with van der Waals surface area (Å²) >= 11 is 0. The van der Waals surface area contributed by atoms with Gasteiger partial charge in [-0.25, -0.2) is 0 Å². The van der Waals surface area contributed by atoms with Gasteiger partial charge in [0.15, 0.2) is 53.6 Å². The molecule has 0 fully saturated rings. The number of phenols is 4. The van der Waals surface area contributed by atoms with Crippen LogP contribution < -0.4 is 9.47 Å². The van der Waals surface area contributed by atoms with Crippen molar-refractivity contribution in [3.63, 3.8) is 0 Å². The molecule has 4 aromatic rings. The second-order valence-electron chi connectivity index (χ2n) is 8.17. The first-order valence-electron chi connectivity index (χ1n) is 11.3. The van der Waals surface area contributed by atoms with E-state index in [4.69, 9.17) is 9.47 Å². The quantitative estimate of drug-likeness (QED) is 0.228. The topological polar surface area (TPSA) is 151 Å². The number of Topliss-reactive ketones (excluding diaryl/α,β-unsaturated/α-hetero) is 2. The number of ketones is 3. The molecule has 0 aromatic heterocycles. The van der Waals surface area contributed by atoms with Crippen LogP contribution in [0.4, 0.5) is 0 Å². The van der Waals surface area contributed by atoms with E-state index in [-0.39, 0.29) is 34.2 Å². The smallest absolute Gasteiger partial charge is 0.203 e. The van der Waals surface area contributed by atoms with Gasteiger partial charge in [-0.3, -0.25) is 14.4 Å². The molecule has 0 atom stereocenters. The van der Waals surface area contributed by atoms with Crippen molar-refractivity contribution in [2.45, 2.75) is 0 Å². The Bertz CT molecular complexity index is 1340. The van der Waals surface area contributed by atoms with Crippen molar-refractivity contribution in [3.05, 3.63) is 107 Å². The SMILES string of the molecule is O=C(COc1c(O)cc(C(=O)c2cc(O)c(OCC(=O)c3ccccc3)c(O)c2)cc1O)c1ccccc1. The maximum Gasteiger partial charge on any atom is 0.203 e. The Balaban J connectivity index is 1.47. The average Bonchev–Trinajstić information content (AvgIpc) is 2.92. The summed E-state index contributed by atoms with van der Waals surface area (Å²) in [5, 5.41) is 41.3. The molecule has 4 aromatic carbocycles. The fraction of sp³-hybridized carbons (Fsp3) is 0.0690. The van der Waals surface area contributed by atoms with Crippen LogP contribution in [0.3, 0.4) is 0 Å². The first-order chi connectivity index (χ1) is 18.2. The van der Waals surface area contributed by atoms with Crippen molar-refractivity contribution in [2.75, 3.05) is 13.2 Å². The summed E-state index contributed by atoms with van der Waals surface area (Å²) in [6, 6.07) is 20.7. The molecule has 0 spiro atoms. The first-order valence-corrected chi connectivity index (χ1v) is 11.3. The summed E-state index contributed by atoms with van der Waals surface area (Å²) in [7, 11) is 0. The highest BCUT2D eigenvalue weighted by Gasteiger charge is 2.21. The number of aromatic hydroxyl groups is 4. The molecule has 192 valence electrons. The highest BCUT2D eigenvalue weighted by atomic mass is 16.5. The van der Waals surface area contributed by atoms with E-state index >= 15 is 0 Å². The maximum atomic E-state index is 12.9. The van der Waals surface area contributed by atoms with Crippen LogP contribution in [-0.2, 0) is 0 Å². The zero-order chi connectivity index (χ0) is 27.2. The monoisotopic (exact) mass is 514 g/mol. The van der Waals surface area contributed by atoms with E-state index in [1.807, 2.05) is 0 Å².